The van der Waals surface area contributed by atoms with Gasteiger partial charge in [0.05, 0.1) is 11.7 Å². The molecule has 1 heterocycles. The van der Waals surface area contributed by atoms with Crippen molar-refractivity contribution in [3.8, 4) is 0 Å². The van der Waals surface area contributed by atoms with E-state index in [0.717, 1.165) is 11.3 Å². The minimum absolute atomic E-state index is 0.209. The fraction of sp³-hybridized carbons (Fsp3) is 0.200. The fourth-order valence-corrected chi connectivity index (χ4v) is 1.92. The Morgan fingerprint density at radius 1 is 1.29 bits per heavy atom. The quantitative estimate of drug-likeness (QED) is 0.617. The van der Waals surface area contributed by atoms with Gasteiger partial charge in [0.2, 0.25) is 0 Å². The molecule has 1 aromatic heterocycles. The van der Waals surface area contributed by atoms with Crippen LogP contribution in [-0.2, 0) is 0 Å². The summed E-state index contributed by atoms with van der Waals surface area (Å²) < 4.78 is 0. The highest BCUT2D eigenvalue weighted by Crippen LogP contribution is 2.17. The molecular weight excluding hydrogens is 268 g/mol. The first-order chi connectivity index (χ1) is 9.97. The summed E-state index contributed by atoms with van der Waals surface area (Å²) in [4.78, 5) is 15.6. The molecular formula is C15H18N4O2. The summed E-state index contributed by atoms with van der Waals surface area (Å²) in [6.07, 6.45) is -0.742. The van der Waals surface area contributed by atoms with Gasteiger partial charge in [0, 0.05) is 17.9 Å². The van der Waals surface area contributed by atoms with Gasteiger partial charge in [0.15, 0.2) is 0 Å². The maximum atomic E-state index is 11.4. The van der Waals surface area contributed by atoms with Crippen LogP contribution in [0.1, 0.15) is 27.7 Å². The zero-order valence-corrected chi connectivity index (χ0v) is 11.7. The van der Waals surface area contributed by atoms with Crippen molar-refractivity contribution in [1.29, 1.82) is 0 Å². The number of pyridine rings is 1. The summed E-state index contributed by atoms with van der Waals surface area (Å²) in [6, 6.07) is 10.3. The number of carbonyl (C=O) groups excluding carboxylic acids is 1. The molecule has 6 nitrogen and oxygen atoms in total. The van der Waals surface area contributed by atoms with E-state index in [2.05, 4.69) is 10.3 Å². The molecule has 6 heteroatoms. The number of benzene rings is 1. The third-order valence-electron chi connectivity index (χ3n) is 3.08. The summed E-state index contributed by atoms with van der Waals surface area (Å²) in [5.74, 6) is -0.191. The van der Waals surface area contributed by atoms with Gasteiger partial charge < -0.3 is 21.9 Å². The Labute approximate surface area is 122 Å². The molecule has 0 aliphatic rings. The SMILES string of the molecule is Cc1ccc(C(N)=O)c(NCC(O)c2ccc(N)cc2)n1. The Balaban J connectivity index is 2.10. The van der Waals surface area contributed by atoms with Crippen LogP contribution in [0.5, 0.6) is 0 Å². The molecule has 1 unspecified atom stereocenters. The largest absolute Gasteiger partial charge is 0.399 e. The van der Waals surface area contributed by atoms with Crippen molar-refractivity contribution in [2.24, 2.45) is 5.73 Å². The average Bonchev–Trinajstić information content (AvgIpc) is 2.45. The van der Waals surface area contributed by atoms with Gasteiger partial charge in [-0.15, -0.1) is 0 Å². The zero-order chi connectivity index (χ0) is 15.4. The second kappa shape index (κ2) is 6.23. The molecule has 21 heavy (non-hydrogen) atoms. The average molecular weight is 286 g/mol. The number of aliphatic hydroxyl groups is 1. The Hall–Kier alpha value is -2.60. The lowest BCUT2D eigenvalue weighted by Crippen LogP contribution is -2.19. The number of carbonyl (C=O) groups is 1. The highest BCUT2D eigenvalue weighted by Gasteiger charge is 2.12. The van der Waals surface area contributed by atoms with Crippen molar-refractivity contribution in [1.82, 2.24) is 4.98 Å². The molecule has 2 rings (SSSR count). The fourth-order valence-electron chi connectivity index (χ4n) is 1.92. The van der Waals surface area contributed by atoms with Crippen molar-refractivity contribution >= 4 is 17.4 Å². The van der Waals surface area contributed by atoms with Crippen LogP contribution < -0.4 is 16.8 Å². The predicted molar refractivity (Wildman–Crippen MR) is 81.8 cm³/mol. The monoisotopic (exact) mass is 286 g/mol. The van der Waals surface area contributed by atoms with Gasteiger partial charge in [-0.05, 0) is 36.8 Å². The molecule has 1 amide bonds. The molecule has 0 saturated carbocycles. The third-order valence-corrected chi connectivity index (χ3v) is 3.08. The topological polar surface area (TPSA) is 114 Å². The van der Waals surface area contributed by atoms with E-state index in [9.17, 15) is 9.90 Å². The van der Waals surface area contributed by atoms with Gasteiger partial charge in [-0.2, -0.15) is 0 Å². The molecule has 0 saturated heterocycles. The van der Waals surface area contributed by atoms with E-state index >= 15 is 0 Å². The van der Waals surface area contributed by atoms with Crippen molar-refractivity contribution in [2.75, 3.05) is 17.6 Å². The summed E-state index contributed by atoms with van der Waals surface area (Å²) in [6.45, 7) is 2.02. The Bertz CT molecular complexity index is 641. The second-order valence-electron chi connectivity index (χ2n) is 4.78. The highest BCUT2D eigenvalue weighted by atomic mass is 16.3. The summed E-state index contributed by atoms with van der Waals surface area (Å²) >= 11 is 0. The number of aryl methyl sites for hydroxylation is 1. The van der Waals surface area contributed by atoms with Crippen LogP contribution in [-0.4, -0.2) is 22.5 Å². The molecule has 0 radical (unpaired) electrons. The molecule has 0 aliphatic heterocycles. The Morgan fingerprint density at radius 3 is 2.57 bits per heavy atom. The number of aliphatic hydroxyl groups excluding tert-OH is 1. The van der Waals surface area contributed by atoms with Gasteiger partial charge in [-0.1, -0.05) is 12.1 Å². The number of nitrogens with zero attached hydrogens (tertiary/aromatic N) is 1. The van der Waals surface area contributed by atoms with Gasteiger partial charge >= 0.3 is 0 Å². The van der Waals surface area contributed by atoms with E-state index < -0.39 is 12.0 Å². The van der Waals surface area contributed by atoms with E-state index in [0.29, 0.717) is 17.1 Å². The van der Waals surface area contributed by atoms with E-state index in [-0.39, 0.29) is 6.54 Å². The predicted octanol–water partition coefficient (Wildman–Crippen LogP) is 1.22. The molecule has 6 N–H and O–H groups in total. The molecule has 0 bridgehead atoms. The number of nitrogens with one attached hydrogen (secondary N) is 1. The number of nitrogen functional groups attached to an aromatic ring is 1. The molecule has 1 atom stereocenters. The van der Waals surface area contributed by atoms with E-state index in [1.54, 1.807) is 36.4 Å². The first kappa shape index (κ1) is 14.8. The number of aromatic nitrogens is 1. The van der Waals surface area contributed by atoms with Crippen LogP contribution in [0.25, 0.3) is 0 Å². The van der Waals surface area contributed by atoms with Crippen LogP contribution in [0, 0.1) is 6.92 Å². The van der Waals surface area contributed by atoms with Crippen molar-refractivity contribution < 1.29 is 9.90 Å². The van der Waals surface area contributed by atoms with Gasteiger partial charge in [0.1, 0.15) is 5.82 Å². The number of primary amides is 1. The van der Waals surface area contributed by atoms with Crippen LogP contribution in [0.2, 0.25) is 0 Å². The van der Waals surface area contributed by atoms with Gasteiger partial charge in [-0.3, -0.25) is 4.79 Å². The lowest BCUT2D eigenvalue weighted by Gasteiger charge is -2.14. The third kappa shape index (κ3) is 3.70. The summed E-state index contributed by atoms with van der Waals surface area (Å²) in [7, 11) is 0. The lowest BCUT2D eigenvalue weighted by molar-refractivity contribution is 0.100. The minimum atomic E-state index is -0.742. The lowest BCUT2D eigenvalue weighted by atomic mass is 10.1. The molecule has 1 aromatic carbocycles. The van der Waals surface area contributed by atoms with Crippen LogP contribution in [0.4, 0.5) is 11.5 Å². The van der Waals surface area contributed by atoms with Crippen LogP contribution in [0.3, 0.4) is 0 Å². The number of hydrogen-bond acceptors (Lipinski definition) is 5. The van der Waals surface area contributed by atoms with Gasteiger partial charge in [0.25, 0.3) is 5.91 Å². The smallest absolute Gasteiger partial charge is 0.252 e. The minimum Gasteiger partial charge on any atom is -0.399 e. The normalized spacial score (nSPS) is 11.9. The maximum absolute atomic E-state index is 11.4. The molecule has 0 fully saturated rings. The van der Waals surface area contributed by atoms with Crippen LogP contribution in [0.15, 0.2) is 36.4 Å². The number of amides is 1. The van der Waals surface area contributed by atoms with Crippen molar-refractivity contribution in [3.63, 3.8) is 0 Å². The van der Waals surface area contributed by atoms with E-state index in [1.807, 2.05) is 6.92 Å². The van der Waals surface area contributed by atoms with E-state index in [4.69, 9.17) is 11.5 Å². The van der Waals surface area contributed by atoms with Gasteiger partial charge in [-0.25, -0.2) is 4.98 Å². The number of nitrogens with two attached hydrogens (primary N) is 2. The van der Waals surface area contributed by atoms with Crippen LogP contribution >= 0.6 is 0 Å². The standard InChI is InChI=1S/C15H18N4O2/c1-9-2-7-12(14(17)21)15(19-9)18-8-13(20)10-3-5-11(16)6-4-10/h2-7,13,20H,8,16H2,1H3,(H2,17,21)(H,18,19). The first-order valence-electron chi connectivity index (χ1n) is 6.52. The molecule has 0 spiro atoms. The Morgan fingerprint density at radius 2 is 1.95 bits per heavy atom. The molecule has 0 aliphatic carbocycles. The summed E-state index contributed by atoms with van der Waals surface area (Å²) in [5.41, 5.74) is 13.3. The van der Waals surface area contributed by atoms with Crippen molar-refractivity contribution in [3.05, 3.63) is 53.2 Å². The zero-order valence-electron chi connectivity index (χ0n) is 11.7. The summed E-state index contributed by atoms with van der Waals surface area (Å²) in [5, 5.41) is 13.1. The molecule has 2 aromatic rings. The number of hydrogen-bond donors (Lipinski definition) is 4. The van der Waals surface area contributed by atoms with E-state index in [1.165, 1.54) is 0 Å². The maximum Gasteiger partial charge on any atom is 0.252 e. The number of anilines is 2. The highest BCUT2D eigenvalue weighted by molar-refractivity contribution is 5.97. The molecule has 110 valence electrons. The first-order valence-corrected chi connectivity index (χ1v) is 6.52. The Kier molecular flexibility index (Phi) is 4.39. The second-order valence-corrected chi connectivity index (χ2v) is 4.78. The van der Waals surface area contributed by atoms with Crippen molar-refractivity contribution in [2.45, 2.75) is 13.0 Å². The number of rotatable bonds is 5.